The number of rotatable bonds is 4. The molecule has 0 saturated heterocycles. The van der Waals surface area contributed by atoms with Crippen LogP contribution in [-0.2, 0) is 9.59 Å². The van der Waals surface area contributed by atoms with E-state index < -0.39 is 30.7 Å². The molecule has 0 aromatic heterocycles. The fourth-order valence-corrected chi connectivity index (χ4v) is 0.585. The monoisotopic (exact) mass is 174 g/mol. The molecule has 0 aromatic rings. The second-order valence-corrected chi connectivity index (χ2v) is 2.02. The molecule has 0 rings (SSSR count). The second kappa shape index (κ2) is 6.12. The number of nitriles is 1. The first kappa shape index (κ1) is 13.0. The molecular formula is C6H10N2O4. The van der Waals surface area contributed by atoms with Crippen molar-refractivity contribution < 1.29 is 19.8 Å². The predicted octanol–water partition coefficient (Wildman–Crippen LogP) is 0.238. The molecule has 0 aliphatic carbocycles. The molecule has 0 amide bonds. The van der Waals surface area contributed by atoms with Gasteiger partial charge in [-0.05, 0) is 0 Å². The molecule has 0 heterocycles. The van der Waals surface area contributed by atoms with Crippen molar-refractivity contribution in [3.63, 3.8) is 0 Å². The summed E-state index contributed by atoms with van der Waals surface area (Å²) >= 11 is 0. The maximum Gasteiger partial charge on any atom is 0.304 e. The van der Waals surface area contributed by atoms with Gasteiger partial charge in [0.1, 0.15) is 0 Å². The van der Waals surface area contributed by atoms with Gasteiger partial charge < -0.3 is 16.4 Å². The first-order valence-electron chi connectivity index (χ1n) is 2.89. The van der Waals surface area contributed by atoms with Crippen molar-refractivity contribution >= 4 is 11.9 Å². The van der Waals surface area contributed by atoms with E-state index in [2.05, 4.69) is 0 Å². The van der Waals surface area contributed by atoms with Crippen LogP contribution in [0.4, 0.5) is 0 Å². The fraction of sp³-hybridized carbons (Fsp3) is 0.500. The Balaban J connectivity index is 0. The normalized spacial score (nSPS) is 8.33. The molecule has 6 nitrogen and oxygen atoms in total. The first-order chi connectivity index (χ1) is 5.06. The van der Waals surface area contributed by atoms with Gasteiger partial charge in [0.25, 0.3) is 0 Å². The van der Waals surface area contributed by atoms with Crippen LogP contribution in [0.3, 0.4) is 0 Å². The summed E-state index contributed by atoms with van der Waals surface area (Å²) in [5, 5.41) is 24.6. The lowest BCUT2D eigenvalue weighted by atomic mass is 10.0. The van der Waals surface area contributed by atoms with Crippen LogP contribution in [0.15, 0.2) is 0 Å². The van der Waals surface area contributed by atoms with Gasteiger partial charge in [0.15, 0.2) is 0 Å². The largest absolute Gasteiger partial charge is 0.481 e. The van der Waals surface area contributed by atoms with Gasteiger partial charge in [-0.2, -0.15) is 5.26 Å². The first-order valence-corrected chi connectivity index (χ1v) is 2.89. The van der Waals surface area contributed by atoms with Crippen LogP contribution in [-0.4, -0.2) is 22.2 Å². The molecule has 0 spiro atoms. The van der Waals surface area contributed by atoms with E-state index in [4.69, 9.17) is 15.5 Å². The average Bonchev–Trinajstić information content (AvgIpc) is 1.84. The highest BCUT2D eigenvalue weighted by atomic mass is 16.4. The van der Waals surface area contributed by atoms with Crippen LogP contribution in [0.5, 0.6) is 0 Å². The summed E-state index contributed by atoms with van der Waals surface area (Å²) < 4.78 is 0. The predicted molar refractivity (Wildman–Crippen MR) is 38.6 cm³/mol. The Labute approximate surface area is 69.0 Å². The lowest BCUT2D eigenvalue weighted by molar-refractivity contribution is -0.139. The van der Waals surface area contributed by atoms with Gasteiger partial charge in [-0.15, -0.1) is 0 Å². The highest BCUT2D eigenvalue weighted by Crippen LogP contribution is 2.06. The van der Waals surface area contributed by atoms with E-state index in [1.807, 2.05) is 0 Å². The Morgan fingerprint density at radius 3 is 1.75 bits per heavy atom. The second-order valence-electron chi connectivity index (χ2n) is 2.02. The van der Waals surface area contributed by atoms with Crippen LogP contribution < -0.4 is 6.15 Å². The van der Waals surface area contributed by atoms with Crippen molar-refractivity contribution in [3.05, 3.63) is 0 Å². The number of carboxylic acids is 2. The minimum atomic E-state index is -1.15. The molecule has 0 aliphatic heterocycles. The maximum absolute atomic E-state index is 10.0. The summed E-state index contributed by atoms with van der Waals surface area (Å²) in [5.74, 6) is -3.24. The topological polar surface area (TPSA) is 133 Å². The number of carbonyl (C=O) groups is 2. The third-order valence-corrected chi connectivity index (χ3v) is 1.02. The molecule has 0 unspecified atom stereocenters. The van der Waals surface area contributed by atoms with Gasteiger partial charge in [-0.25, -0.2) is 0 Å². The lowest BCUT2D eigenvalue weighted by Crippen LogP contribution is -2.10. The molecule has 6 heteroatoms. The standard InChI is InChI=1S/C6H7NO4.H3N/c7-3-4(1-5(8)9)2-6(10)11;/h4H,1-2H2,(H,8,9)(H,10,11);1H3. The van der Waals surface area contributed by atoms with Gasteiger partial charge in [0.05, 0.1) is 24.8 Å². The van der Waals surface area contributed by atoms with Gasteiger partial charge in [0, 0.05) is 0 Å². The molecule has 0 aliphatic rings. The molecule has 12 heavy (non-hydrogen) atoms. The molecule has 0 aromatic carbocycles. The van der Waals surface area contributed by atoms with E-state index in [1.165, 1.54) is 0 Å². The molecule has 0 atom stereocenters. The van der Waals surface area contributed by atoms with Gasteiger partial charge in [-0.3, -0.25) is 9.59 Å². The quantitative estimate of drug-likeness (QED) is 0.558. The Bertz CT molecular complexity index is 192. The highest BCUT2D eigenvalue weighted by molar-refractivity contribution is 5.71. The Morgan fingerprint density at radius 2 is 1.58 bits per heavy atom. The van der Waals surface area contributed by atoms with E-state index in [9.17, 15) is 9.59 Å². The smallest absolute Gasteiger partial charge is 0.304 e. The summed E-state index contributed by atoms with van der Waals surface area (Å²) in [7, 11) is 0. The summed E-state index contributed by atoms with van der Waals surface area (Å²) in [6.45, 7) is 0. The molecular weight excluding hydrogens is 164 g/mol. The zero-order valence-corrected chi connectivity index (χ0v) is 6.36. The van der Waals surface area contributed by atoms with Crippen molar-refractivity contribution in [1.29, 1.82) is 5.26 Å². The van der Waals surface area contributed by atoms with E-state index in [1.54, 1.807) is 6.07 Å². The van der Waals surface area contributed by atoms with Crippen molar-refractivity contribution in [2.45, 2.75) is 12.8 Å². The number of hydrogen-bond donors (Lipinski definition) is 3. The van der Waals surface area contributed by atoms with Crippen LogP contribution in [0.2, 0.25) is 0 Å². The van der Waals surface area contributed by atoms with Crippen LogP contribution >= 0.6 is 0 Å². The maximum atomic E-state index is 10.0. The number of hydrogen-bond acceptors (Lipinski definition) is 4. The Morgan fingerprint density at radius 1 is 1.25 bits per heavy atom. The number of carboxylic acid groups (broad SMARTS) is 2. The van der Waals surface area contributed by atoms with Crippen LogP contribution in [0, 0.1) is 17.2 Å². The molecule has 0 fully saturated rings. The fourth-order valence-electron chi connectivity index (χ4n) is 0.585. The molecule has 5 N–H and O–H groups in total. The average molecular weight is 174 g/mol. The Kier molecular flexibility index (Phi) is 6.64. The minimum absolute atomic E-state index is 0. The van der Waals surface area contributed by atoms with Gasteiger partial charge in [0.2, 0.25) is 0 Å². The number of nitrogens with zero attached hydrogens (tertiary/aromatic N) is 1. The van der Waals surface area contributed by atoms with Crippen molar-refractivity contribution in [3.8, 4) is 6.07 Å². The number of aliphatic carboxylic acids is 2. The van der Waals surface area contributed by atoms with Crippen LogP contribution in [0.1, 0.15) is 12.8 Å². The third-order valence-electron chi connectivity index (χ3n) is 1.02. The van der Waals surface area contributed by atoms with E-state index in [-0.39, 0.29) is 6.15 Å². The molecule has 68 valence electrons. The van der Waals surface area contributed by atoms with Gasteiger partial charge in [-0.1, -0.05) is 0 Å². The van der Waals surface area contributed by atoms with E-state index in [0.717, 1.165) is 0 Å². The SMILES string of the molecule is N.N#CC(CC(=O)O)CC(=O)O. The van der Waals surface area contributed by atoms with Crippen LogP contribution in [0.25, 0.3) is 0 Å². The summed E-state index contributed by atoms with van der Waals surface area (Å²) in [4.78, 5) is 20.0. The highest BCUT2D eigenvalue weighted by Gasteiger charge is 2.15. The van der Waals surface area contributed by atoms with E-state index >= 15 is 0 Å². The van der Waals surface area contributed by atoms with Crippen molar-refractivity contribution in [2.24, 2.45) is 5.92 Å². The molecule has 0 saturated carbocycles. The van der Waals surface area contributed by atoms with E-state index in [0.29, 0.717) is 0 Å². The zero-order chi connectivity index (χ0) is 8.85. The summed E-state index contributed by atoms with van der Waals surface area (Å²) in [6.07, 6.45) is -0.828. The molecule has 0 radical (unpaired) electrons. The van der Waals surface area contributed by atoms with Crippen molar-refractivity contribution in [2.75, 3.05) is 0 Å². The molecule has 0 bridgehead atoms. The summed E-state index contributed by atoms with van der Waals surface area (Å²) in [5.41, 5.74) is 0. The lowest BCUT2D eigenvalue weighted by Gasteiger charge is -1.99. The third kappa shape index (κ3) is 6.51. The zero-order valence-electron chi connectivity index (χ0n) is 6.36. The summed E-state index contributed by atoms with van der Waals surface area (Å²) in [6, 6.07) is 1.60. The Hall–Kier alpha value is -1.61. The minimum Gasteiger partial charge on any atom is -0.481 e. The van der Waals surface area contributed by atoms with Gasteiger partial charge >= 0.3 is 11.9 Å². The van der Waals surface area contributed by atoms with Crippen molar-refractivity contribution in [1.82, 2.24) is 6.15 Å².